The lowest BCUT2D eigenvalue weighted by Crippen LogP contribution is -2.40. The fourth-order valence-electron chi connectivity index (χ4n) is 9.46. The quantitative estimate of drug-likeness (QED) is 0.0891. The number of hydrogen-bond acceptors (Lipinski definition) is 10. The van der Waals surface area contributed by atoms with Crippen molar-refractivity contribution in [2.75, 3.05) is 36.2 Å². The highest BCUT2D eigenvalue weighted by molar-refractivity contribution is 6.45. The Kier molecular flexibility index (Phi) is 12.0. The Labute approximate surface area is 370 Å². The summed E-state index contributed by atoms with van der Waals surface area (Å²) in [4.78, 5) is 46.4. The zero-order valence-electron chi connectivity index (χ0n) is 32.8. The fraction of sp³-hybridized carbons (Fsp3) is 0.395. The number of carbonyl (C=O) groups is 2. The van der Waals surface area contributed by atoms with Gasteiger partial charge in [-0.15, -0.1) is 0 Å². The number of ether oxygens (including phenoxy) is 2. The third-order valence-electron chi connectivity index (χ3n) is 12.2. The number of rotatable bonds is 16. The first-order chi connectivity index (χ1) is 29.5. The molecule has 3 fully saturated rings. The summed E-state index contributed by atoms with van der Waals surface area (Å²) in [6, 6.07) is 11.8. The van der Waals surface area contributed by atoms with Crippen molar-refractivity contribution in [3.63, 3.8) is 0 Å². The first-order valence-corrected chi connectivity index (χ1v) is 21.8. The van der Waals surface area contributed by atoms with Crippen molar-refractivity contribution >= 4 is 91.8 Å². The number of aliphatic carboxylic acids is 2. The number of hydrogen-bond donors (Lipinski definition) is 2. The predicted octanol–water partition coefficient (Wildman–Crippen LogP) is 8.69. The van der Waals surface area contributed by atoms with Gasteiger partial charge in [0.05, 0.1) is 106 Å². The maximum absolute atomic E-state index is 11.3. The van der Waals surface area contributed by atoms with Gasteiger partial charge in [0.1, 0.15) is 11.6 Å². The number of benzene rings is 2. The van der Waals surface area contributed by atoms with Crippen LogP contribution in [0.2, 0.25) is 20.1 Å². The molecular formula is C43H42Cl4N8O6. The Morgan fingerprint density at radius 1 is 0.738 bits per heavy atom. The van der Waals surface area contributed by atoms with Crippen LogP contribution in [0.1, 0.15) is 50.6 Å². The molecule has 9 rings (SSSR count). The van der Waals surface area contributed by atoms with E-state index in [1.807, 2.05) is 46.1 Å². The first-order valence-electron chi connectivity index (χ1n) is 20.3. The number of carboxylic acids is 2. The molecule has 14 nitrogen and oxygen atoms in total. The number of aromatic nitrogens is 6. The van der Waals surface area contributed by atoms with E-state index in [0.29, 0.717) is 56.6 Å². The van der Waals surface area contributed by atoms with Crippen LogP contribution in [0.3, 0.4) is 0 Å². The Bertz CT molecular complexity index is 2610. The van der Waals surface area contributed by atoms with E-state index in [4.69, 9.17) is 75.9 Å². The smallest absolute Gasteiger partial charge is 0.305 e. The summed E-state index contributed by atoms with van der Waals surface area (Å²) in [5, 5.41) is 21.5. The third-order valence-corrected chi connectivity index (χ3v) is 13.8. The summed E-state index contributed by atoms with van der Waals surface area (Å²) in [6.07, 6.45) is 14.2. The summed E-state index contributed by atoms with van der Waals surface area (Å²) < 4.78 is 15.7. The van der Waals surface area contributed by atoms with Crippen molar-refractivity contribution in [1.29, 1.82) is 0 Å². The fourth-order valence-corrected chi connectivity index (χ4v) is 10.2. The second kappa shape index (κ2) is 17.6. The number of anilines is 2. The van der Waals surface area contributed by atoms with Gasteiger partial charge in [-0.05, 0) is 56.4 Å². The topological polar surface area (TPSA) is 161 Å². The molecule has 2 N–H and O–H groups in total. The second-order valence-electron chi connectivity index (χ2n) is 15.9. The lowest BCUT2D eigenvalue weighted by molar-refractivity contribution is -0.139. The molecule has 2 aromatic carbocycles. The van der Waals surface area contributed by atoms with E-state index in [-0.39, 0.29) is 56.1 Å². The summed E-state index contributed by atoms with van der Waals surface area (Å²) in [5.74, 6) is -0.0602. The Balaban J connectivity index is 1.04. The van der Waals surface area contributed by atoms with Gasteiger partial charge in [-0.25, -0.2) is 19.9 Å². The van der Waals surface area contributed by atoms with Crippen LogP contribution >= 0.6 is 46.4 Å². The van der Waals surface area contributed by atoms with Crippen molar-refractivity contribution < 1.29 is 29.3 Å². The van der Waals surface area contributed by atoms with Crippen molar-refractivity contribution in [1.82, 2.24) is 29.1 Å². The van der Waals surface area contributed by atoms with E-state index in [9.17, 15) is 14.7 Å². The van der Waals surface area contributed by atoms with E-state index in [0.717, 1.165) is 65.8 Å². The number of nitrogens with zero attached hydrogens (tertiary/aromatic N) is 8. The van der Waals surface area contributed by atoms with Crippen LogP contribution in [0.5, 0.6) is 0 Å². The molecule has 2 unspecified atom stereocenters. The van der Waals surface area contributed by atoms with E-state index in [1.54, 1.807) is 24.7 Å². The number of pyridine rings is 2. The van der Waals surface area contributed by atoms with Crippen LogP contribution in [-0.2, 0) is 25.5 Å². The maximum Gasteiger partial charge on any atom is 0.305 e. The van der Waals surface area contributed by atoms with Crippen LogP contribution in [0.4, 0.5) is 11.6 Å². The summed E-state index contributed by atoms with van der Waals surface area (Å²) in [7, 11) is 0. The van der Waals surface area contributed by atoms with Crippen molar-refractivity contribution in [3.8, 4) is 11.4 Å². The lowest BCUT2D eigenvalue weighted by atomic mass is 9.90. The average Bonchev–Trinajstić information content (AvgIpc) is 4.11. The molecule has 61 heavy (non-hydrogen) atoms. The molecule has 3 saturated heterocycles. The minimum absolute atomic E-state index is 0.0214. The van der Waals surface area contributed by atoms with E-state index < -0.39 is 11.9 Å². The molecule has 4 aromatic heterocycles. The molecule has 0 radical (unpaired) electrons. The second-order valence-corrected chi connectivity index (χ2v) is 17.5. The number of halogens is 4. The Morgan fingerprint density at radius 3 is 2.00 bits per heavy atom. The van der Waals surface area contributed by atoms with Gasteiger partial charge in [-0.3, -0.25) is 9.59 Å². The van der Waals surface area contributed by atoms with E-state index in [2.05, 4.69) is 20.9 Å². The normalized spacial score (nSPS) is 21.1. The zero-order chi connectivity index (χ0) is 42.4. The predicted molar refractivity (Wildman–Crippen MR) is 234 cm³/mol. The lowest BCUT2D eigenvalue weighted by Gasteiger charge is -2.32. The summed E-state index contributed by atoms with van der Waals surface area (Å²) in [6.45, 7) is 1.09. The number of carboxylic acid groups (broad SMARTS) is 2. The van der Waals surface area contributed by atoms with E-state index in [1.165, 1.54) is 0 Å². The number of fused-ring (bicyclic) bond motifs is 4. The zero-order valence-corrected chi connectivity index (χ0v) is 35.9. The average molecular weight is 909 g/mol. The van der Waals surface area contributed by atoms with Crippen molar-refractivity contribution in [2.45, 2.75) is 75.5 Å². The highest BCUT2D eigenvalue weighted by Crippen LogP contribution is 2.46. The van der Waals surface area contributed by atoms with Gasteiger partial charge in [0.25, 0.3) is 0 Å². The molecule has 318 valence electrons. The van der Waals surface area contributed by atoms with Gasteiger partial charge < -0.3 is 38.6 Å². The van der Waals surface area contributed by atoms with Gasteiger partial charge in [0.15, 0.2) is 0 Å². The molecule has 7 heterocycles. The highest BCUT2D eigenvalue weighted by atomic mass is 35.5. The minimum Gasteiger partial charge on any atom is -0.481 e. The molecule has 0 amide bonds. The van der Waals surface area contributed by atoms with Gasteiger partial charge in [-0.1, -0.05) is 46.4 Å². The van der Waals surface area contributed by atoms with Crippen molar-refractivity contribution in [2.24, 2.45) is 5.92 Å². The minimum atomic E-state index is -0.916. The first kappa shape index (κ1) is 41.6. The number of imidazole rings is 2. The van der Waals surface area contributed by atoms with Gasteiger partial charge in [0.2, 0.25) is 0 Å². The van der Waals surface area contributed by atoms with E-state index >= 15 is 0 Å². The largest absolute Gasteiger partial charge is 0.481 e. The Morgan fingerprint density at radius 2 is 1.36 bits per heavy atom. The van der Waals surface area contributed by atoms with Gasteiger partial charge in [-0.2, -0.15) is 0 Å². The monoisotopic (exact) mass is 906 g/mol. The standard InChI is InChI=1S/C43H42Cl4N8O6/c44-31-6-4-29-34(52-12-11-48-22-52)17-36(50-42(29)40(31)46)54-27(1-2-28(54)21-61-14-10-39(58)59)16-25-19-53(23-49-25)35-18-37(51-43-30(35)5-7-32(45)41(43)47)55-26-3-8-33(55)24(15-26)20-60-13-9-38(56)57/h4-7,11-12,17-19,22-24,26-28,33H,1-3,8-10,13-16,20-21H2,(H,56,57)(H,58,59)/t24-,26?,27-,28+,33?/m1/s1. The Hall–Kier alpha value is -4.70. The molecule has 2 bridgehead atoms. The molecule has 6 aromatic rings. The molecule has 5 atom stereocenters. The van der Waals surface area contributed by atoms with Crippen LogP contribution in [0, 0.1) is 5.92 Å². The maximum atomic E-state index is 11.3. The van der Waals surface area contributed by atoms with Crippen LogP contribution in [0.15, 0.2) is 67.6 Å². The molecular weight excluding hydrogens is 866 g/mol. The molecule has 3 aliphatic heterocycles. The van der Waals surface area contributed by atoms with Crippen LogP contribution in [0.25, 0.3) is 33.2 Å². The third kappa shape index (κ3) is 8.33. The van der Waals surface area contributed by atoms with Crippen LogP contribution in [-0.4, -0.2) is 102 Å². The molecule has 0 aliphatic carbocycles. The summed E-state index contributed by atoms with van der Waals surface area (Å²) >= 11 is 26.8. The van der Waals surface area contributed by atoms with Gasteiger partial charge in [0, 0.05) is 72.0 Å². The molecule has 0 saturated carbocycles. The summed E-state index contributed by atoms with van der Waals surface area (Å²) in [5.41, 5.74) is 3.70. The molecule has 18 heteroatoms. The van der Waals surface area contributed by atoms with Crippen LogP contribution < -0.4 is 9.80 Å². The SMILES string of the molecule is O=C(O)CCOC[C@H]1CC2CCC1N2c1cc(-n2cnc(C[C@H]3CC[C@@H](COCCC(=O)O)N3c3cc(-n4ccnc4)c4ccc(Cl)c(Cl)c4n3)c2)c2ccc(Cl)c(Cl)c2n1. The van der Waals surface area contributed by atoms with Gasteiger partial charge >= 0.3 is 11.9 Å². The highest BCUT2D eigenvalue weighted by Gasteiger charge is 2.47. The van der Waals surface area contributed by atoms with Crippen molar-refractivity contribution in [3.05, 3.63) is 93.4 Å². The molecule has 3 aliphatic rings. The molecule has 0 spiro atoms.